The molecular weight excluding hydrogens is 218 g/mol. The lowest BCUT2D eigenvalue weighted by atomic mass is 9.69. The van der Waals surface area contributed by atoms with E-state index in [0.717, 1.165) is 39.0 Å². The third kappa shape index (κ3) is 2.72. The van der Waals surface area contributed by atoms with Gasteiger partial charge >= 0.3 is 6.03 Å². The quantitative estimate of drug-likeness (QED) is 0.699. The summed E-state index contributed by atoms with van der Waals surface area (Å²) in [7, 11) is 3.54. The Morgan fingerprint density at radius 1 is 1.35 bits per heavy atom. The van der Waals surface area contributed by atoms with Crippen molar-refractivity contribution in [2.75, 3.05) is 40.4 Å². The number of hydrogen-bond acceptors (Lipinski definition) is 3. The first-order chi connectivity index (χ1) is 8.14. The summed E-state index contributed by atoms with van der Waals surface area (Å²) in [5, 5.41) is 6.50. The average molecular weight is 241 g/mol. The summed E-state index contributed by atoms with van der Waals surface area (Å²) >= 11 is 0. The molecule has 0 bridgehead atoms. The summed E-state index contributed by atoms with van der Waals surface area (Å²) in [6.07, 6.45) is 3.33. The maximum atomic E-state index is 11.8. The lowest BCUT2D eigenvalue weighted by Crippen LogP contribution is -2.58. The minimum Gasteiger partial charge on any atom is -0.379 e. The third-order valence-electron chi connectivity index (χ3n) is 4.07. The zero-order chi connectivity index (χ0) is 12.3. The molecule has 0 radical (unpaired) electrons. The molecule has 17 heavy (non-hydrogen) atoms. The third-order valence-corrected chi connectivity index (χ3v) is 4.07. The first-order valence-electron chi connectivity index (χ1n) is 6.40. The first-order valence-corrected chi connectivity index (χ1v) is 6.40. The van der Waals surface area contributed by atoms with E-state index in [9.17, 15) is 4.79 Å². The smallest absolute Gasteiger partial charge is 0.317 e. The van der Waals surface area contributed by atoms with Gasteiger partial charge in [0, 0.05) is 20.7 Å². The Labute approximate surface area is 103 Å². The van der Waals surface area contributed by atoms with Gasteiger partial charge in [0.15, 0.2) is 0 Å². The second-order valence-electron chi connectivity index (χ2n) is 5.33. The van der Waals surface area contributed by atoms with Crippen molar-refractivity contribution in [1.29, 1.82) is 0 Å². The molecule has 2 saturated heterocycles. The molecule has 2 rings (SSSR count). The highest BCUT2D eigenvalue weighted by Crippen LogP contribution is 2.39. The van der Waals surface area contributed by atoms with E-state index in [0.29, 0.717) is 6.61 Å². The van der Waals surface area contributed by atoms with Gasteiger partial charge in [0.2, 0.25) is 0 Å². The minimum atomic E-state index is -0.0154. The lowest BCUT2D eigenvalue weighted by Gasteiger charge is -2.47. The van der Waals surface area contributed by atoms with Gasteiger partial charge in [-0.2, -0.15) is 0 Å². The van der Waals surface area contributed by atoms with Gasteiger partial charge in [-0.3, -0.25) is 0 Å². The molecule has 2 aliphatic heterocycles. The number of nitrogens with one attached hydrogen (secondary N) is 2. The van der Waals surface area contributed by atoms with Gasteiger partial charge in [0.05, 0.1) is 12.6 Å². The van der Waals surface area contributed by atoms with E-state index in [1.165, 1.54) is 0 Å². The molecule has 1 spiro atoms. The predicted molar refractivity (Wildman–Crippen MR) is 66.0 cm³/mol. The van der Waals surface area contributed by atoms with Crippen molar-refractivity contribution < 1.29 is 9.53 Å². The molecule has 5 nitrogen and oxygen atoms in total. The Morgan fingerprint density at radius 2 is 2.06 bits per heavy atom. The lowest BCUT2D eigenvalue weighted by molar-refractivity contribution is -0.0307. The Morgan fingerprint density at radius 3 is 2.71 bits per heavy atom. The van der Waals surface area contributed by atoms with Gasteiger partial charge in [-0.05, 0) is 37.8 Å². The Bertz CT molecular complexity index is 267. The summed E-state index contributed by atoms with van der Waals surface area (Å²) in [4.78, 5) is 13.4. The molecule has 0 aromatic rings. The maximum absolute atomic E-state index is 11.8. The fraction of sp³-hybridized carbons (Fsp3) is 0.917. The molecule has 5 heteroatoms. The number of urea groups is 1. The van der Waals surface area contributed by atoms with Crippen molar-refractivity contribution >= 4 is 6.03 Å². The topological polar surface area (TPSA) is 53.6 Å². The maximum Gasteiger partial charge on any atom is 0.317 e. The van der Waals surface area contributed by atoms with E-state index >= 15 is 0 Å². The molecule has 0 aromatic carbocycles. The van der Waals surface area contributed by atoms with Crippen LogP contribution in [0.5, 0.6) is 0 Å². The van der Waals surface area contributed by atoms with E-state index in [-0.39, 0.29) is 17.5 Å². The second kappa shape index (κ2) is 5.23. The van der Waals surface area contributed by atoms with Gasteiger partial charge in [-0.1, -0.05) is 0 Å². The fourth-order valence-electron chi connectivity index (χ4n) is 2.82. The number of carbonyl (C=O) groups is 1. The number of amides is 2. The normalized spacial score (nSPS) is 27.8. The molecule has 2 aliphatic rings. The molecule has 0 aliphatic carbocycles. The van der Waals surface area contributed by atoms with Crippen LogP contribution < -0.4 is 10.6 Å². The predicted octanol–water partition coefficient (Wildman–Crippen LogP) is 0.416. The van der Waals surface area contributed by atoms with E-state index < -0.39 is 0 Å². The zero-order valence-electron chi connectivity index (χ0n) is 10.8. The molecule has 2 heterocycles. The Hall–Kier alpha value is -0.810. The second-order valence-corrected chi connectivity index (χ2v) is 5.33. The van der Waals surface area contributed by atoms with Crippen LogP contribution in [-0.4, -0.2) is 57.4 Å². The molecule has 2 fully saturated rings. The van der Waals surface area contributed by atoms with Crippen LogP contribution in [0.2, 0.25) is 0 Å². The van der Waals surface area contributed by atoms with Gasteiger partial charge in [0.1, 0.15) is 0 Å². The van der Waals surface area contributed by atoms with Crippen LogP contribution in [0.15, 0.2) is 0 Å². The van der Waals surface area contributed by atoms with Crippen molar-refractivity contribution in [3.63, 3.8) is 0 Å². The van der Waals surface area contributed by atoms with Crippen LogP contribution in [0.3, 0.4) is 0 Å². The first kappa shape index (κ1) is 12.6. The number of rotatable bonds is 1. The van der Waals surface area contributed by atoms with Gasteiger partial charge in [-0.25, -0.2) is 4.79 Å². The van der Waals surface area contributed by atoms with Crippen molar-refractivity contribution in [3.05, 3.63) is 0 Å². The zero-order valence-corrected chi connectivity index (χ0v) is 10.8. The van der Waals surface area contributed by atoms with Crippen LogP contribution in [-0.2, 0) is 4.74 Å². The number of piperidine rings is 1. The van der Waals surface area contributed by atoms with Crippen molar-refractivity contribution in [2.45, 2.75) is 25.3 Å². The van der Waals surface area contributed by atoms with Crippen molar-refractivity contribution in [3.8, 4) is 0 Å². The highest BCUT2D eigenvalue weighted by atomic mass is 16.5. The standard InChI is InChI=1S/C12H23N3O2/c1-15(2)11(16)14-10-9-17-8-5-12(10)3-6-13-7-4-12/h10,13H,3-9H2,1-2H3,(H,14,16). The van der Waals surface area contributed by atoms with E-state index in [1.807, 2.05) is 0 Å². The number of ether oxygens (including phenoxy) is 1. The highest BCUT2D eigenvalue weighted by Gasteiger charge is 2.42. The van der Waals surface area contributed by atoms with E-state index in [2.05, 4.69) is 10.6 Å². The van der Waals surface area contributed by atoms with E-state index in [4.69, 9.17) is 4.74 Å². The van der Waals surface area contributed by atoms with Crippen LogP contribution >= 0.6 is 0 Å². The summed E-state index contributed by atoms with van der Waals surface area (Å²) in [6, 6.07) is 0.145. The monoisotopic (exact) mass is 241 g/mol. The van der Waals surface area contributed by atoms with Crippen LogP contribution in [0.1, 0.15) is 19.3 Å². The fourth-order valence-corrected chi connectivity index (χ4v) is 2.82. The Kier molecular flexibility index (Phi) is 3.89. The molecular formula is C12H23N3O2. The minimum absolute atomic E-state index is 0.0154. The average Bonchev–Trinajstić information content (AvgIpc) is 2.33. The molecule has 0 saturated carbocycles. The Balaban J connectivity index is 2.03. The van der Waals surface area contributed by atoms with Crippen molar-refractivity contribution in [1.82, 2.24) is 15.5 Å². The van der Waals surface area contributed by atoms with Crippen LogP contribution in [0, 0.1) is 5.41 Å². The van der Waals surface area contributed by atoms with Crippen LogP contribution in [0.25, 0.3) is 0 Å². The highest BCUT2D eigenvalue weighted by molar-refractivity contribution is 5.74. The van der Waals surface area contributed by atoms with Gasteiger partial charge in [-0.15, -0.1) is 0 Å². The number of hydrogen-bond donors (Lipinski definition) is 2. The molecule has 1 unspecified atom stereocenters. The molecule has 2 amide bonds. The SMILES string of the molecule is CN(C)C(=O)NC1COCCC12CCNCC2. The molecule has 98 valence electrons. The summed E-state index contributed by atoms with van der Waals surface area (Å²) < 4.78 is 5.54. The van der Waals surface area contributed by atoms with E-state index in [1.54, 1.807) is 19.0 Å². The summed E-state index contributed by atoms with van der Waals surface area (Å²) in [6.45, 7) is 3.58. The molecule has 2 N–H and O–H groups in total. The van der Waals surface area contributed by atoms with Crippen LogP contribution in [0.4, 0.5) is 4.79 Å². The number of nitrogens with zero attached hydrogens (tertiary/aromatic N) is 1. The van der Waals surface area contributed by atoms with Gasteiger partial charge in [0.25, 0.3) is 0 Å². The summed E-state index contributed by atoms with van der Waals surface area (Å²) in [5.74, 6) is 0. The van der Waals surface area contributed by atoms with Crippen molar-refractivity contribution in [2.24, 2.45) is 5.41 Å². The molecule has 0 aromatic heterocycles. The van der Waals surface area contributed by atoms with Gasteiger partial charge < -0.3 is 20.3 Å². The largest absolute Gasteiger partial charge is 0.379 e. The number of carbonyl (C=O) groups excluding carboxylic acids is 1. The summed E-state index contributed by atoms with van der Waals surface area (Å²) in [5.41, 5.74) is 0.245. The molecule has 1 atom stereocenters.